The maximum Gasteiger partial charge on any atom is 0.305 e. The maximum atomic E-state index is 11.8. The van der Waals surface area contributed by atoms with Crippen LogP contribution in [0.5, 0.6) is 0 Å². The van der Waals surface area contributed by atoms with Gasteiger partial charge in [-0.15, -0.1) is 0 Å². The van der Waals surface area contributed by atoms with Gasteiger partial charge in [-0.05, 0) is 30.6 Å². The van der Waals surface area contributed by atoms with Gasteiger partial charge in [0.2, 0.25) is 5.91 Å². The Morgan fingerprint density at radius 2 is 2.09 bits per heavy atom. The molecule has 1 rings (SSSR count). The highest BCUT2D eigenvalue weighted by atomic mass is 16.4. The number of carboxylic acids is 1. The zero-order valence-electron chi connectivity index (χ0n) is 14.1. The summed E-state index contributed by atoms with van der Waals surface area (Å²) < 4.78 is 0. The Hall–Kier alpha value is -1.36. The Morgan fingerprint density at radius 3 is 2.64 bits per heavy atom. The number of aliphatic carboxylic acids is 1. The minimum absolute atomic E-state index is 0.155. The van der Waals surface area contributed by atoms with Gasteiger partial charge in [-0.25, -0.2) is 0 Å². The van der Waals surface area contributed by atoms with E-state index < -0.39 is 17.9 Å². The highest BCUT2D eigenvalue weighted by molar-refractivity contribution is 5.86. The average molecular weight is 310 g/mol. The minimum atomic E-state index is -1.07. The smallest absolute Gasteiger partial charge is 0.305 e. The number of hydrogen-bond donors (Lipinski definition) is 3. The van der Waals surface area contributed by atoms with Crippen molar-refractivity contribution in [3.8, 4) is 0 Å². The van der Waals surface area contributed by atoms with Gasteiger partial charge in [0, 0.05) is 6.04 Å². The molecular weight excluding hydrogens is 280 g/mol. The van der Waals surface area contributed by atoms with Crippen LogP contribution < -0.4 is 11.1 Å². The summed E-state index contributed by atoms with van der Waals surface area (Å²) in [6.45, 7) is 8.75. The van der Waals surface area contributed by atoms with Crippen molar-refractivity contribution >= 4 is 11.9 Å². The second kappa shape index (κ2) is 7.77. The molecule has 1 aliphatic carbocycles. The van der Waals surface area contributed by atoms with Gasteiger partial charge in [-0.3, -0.25) is 9.59 Å². The molecule has 22 heavy (non-hydrogen) atoms. The van der Waals surface area contributed by atoms with Crippen molar-refractivity contribution in [2.24, 2.45) is 23.0 Å². The summed E-state index contributed by atoms with van der Waals surface area (Å²) in [5.74, 6) is -0.357. The number of carbonyl (C=O) groups excluding carboxylic acids is 1. The number of allylic oxidation sites excluding steroid dienone is 1. The number of carbonyl (C=O) groups is 2. The molecule has 1 fully saturated rings. The molecule has 5 nitrogen and oxygen atoms in total. The van der Waals surface area contributed by atoms with Crippen molar-refractivity contribution < 1.29 is 14.7 Å². The lowest BCUT2D eigenvalue weighted by molar-refractivity contribution is -0.139. The van der Waals surface area contributed by atoms with Crippen LogP contribution in [0.2, 0.25) is 0 Å². The van der Waals surface area contributed by atoms with E-state index in [0.717, 1.165) is 0 Å². The molecule has 126 valence electrons. The van der Waals surface area contributed by atoms with Gasteiger partial charge >= 0.3 is 5.97 Å². The van der Waals surface area contributed by atoms with Gasteiger partial charge in [0.15, 0.2) is 0 Å². The van der Waals surface area contributed by atoms with E-state index in [4.69, 9.17) is 10.8 Å². The van der Waals surface area contributed by atoms with E-state index in [-0.39, 0.29) is 17.9 Å². The molecule has 0 radical (unpaired) electrons. The predicted octanol–water partition coefficient (Wildman–Crippen LogP) is 2.31. The average Bonchev–Trinajstić information content (AvgIpc) is 2.36. The van der Waals surface area contributed by atoms with Crippen molar-refractivity contribution in [2.45, 2.75) is 65.5 Å². The number of nitrogens with one attached hydrogen (secondary N) is 1. The van der Waals surface area contributed by atoms with Crippen molar-refractivity contribution in [1.29, 1.82) is 0 Å². The van der Waals surface area contributed by atoms with E-state index in [9.17, 15) is 9.59 Å². The van der Waals surface area contributed by atoms with Crippen LogP contribution in [-0.4, -0.2) is 29.1 Å². The Labute approximate surface area is 133 Å². The molecule has 0 heterocycles. The summed E-state index contributed by atoms with van der Waals surface area (Å²) in [5.41, 5.74) is 5.83. The van der Waals surface area contributed by atoms with E-state index >= 15 is 0 Å². The first kappa shape index (κ1) is 18.7. The van der Waals surface area contributed by atoms with E-state index in [2.05, 4.69) is 32.2 Å². The third-order valence-corrected chi connectivity index (χ3v) is 4.70. The summed E-state index contributed by atoms with van der Waals surface area (Å²) >= 11 is 0. The summed E-state index contributed by atoms with van der Waals surface area (Å²) in [7, 11) is 0. The molecule has 0 spiro atoms. The molecule has 1 unspecified atom stereocenters. The molecule has 0 aliphatic heterocycles. The van der Waals surface area contributed by atoms with Crippen LogP contribution in [-0.2, 0) is 9.59 Å². The van der Waals surface area contributed by atoms with Crippen LogP contribution in [0.15, 0.2) is 12.2 Å². The first-order valence-electron chi connectivity index (χ1n) is 8.09. The zero-order chi connectivity index (χ0) is 16.9. The topological polar surface area (TPSA) is 92.4 Å². The van der Waals surface area contributed by atoms with Crippen LogP contribution in [0.3, 0.4) is 0 Å². The van der Waals surface area contributed by atoms with Gasteiger partial charge in [-0.2, -0.15) is 0 Å². The molecule has 0 aromatic carbocycles. The zero-order valence-corrected chi connectivity index (χ0v) is 14.1. The summed E-state index contributed by atoms with van der Waals surface area (Å²) in [4.78, 5) is 22.4. The van der Waals surface area contributed by atoms with E-state index in [1.54, 1.807) is 0 Å². The SMILES string of the molecule is CC(C=C[C@H]1[C@H](C)CCCC1(C)C)NC(=O)[C@@H](N)CC(=O)O. The lowest BCUT2D eigenvalue weighted by Crippen LogP contribution is -2.45. The molecule has 5 heteroatoms. The molecule has 1 aliphatic rings. The standard InChI is InChI=1S/C17H30N2O3/c1-11-6-5-9-17(3,4)13(11)8-7-12(2)19-16(22)14(18)10-15(20)21/h7-8,11-14H,5-6,9-10,18H2,1-4H3,(H,19,22)(H,20,21)/t11-,12?,13+,14+/m1/s1. The Balaban J connectivity index is 2.57. The fourth-order valence-corrected chi connectivity index (χ4v) is 3.39. The van der Waals surface area contributed by atoms with E-state index in [1.165, 1.54) is 19.3 Å². The third-order valence-electron chi connectivity index (χ3n) is 4.70. The van der Waals surface area contributed by atoms with Crippen LogP contribution >= 0.6 is 0 Å². The Bertz CT molecular complexity index is 432. The lowest BCUT2D eigenvalue weighted by atomic mass is 9.64. The van der Waals surface area contributed by atoms with Crippen LogP contribution in [0.25, 0.3) is 0 Å². The molecule has 1 amide bonds. The summed E-state index contributed by atoms with van der Waals surface area (Å²) in [6, 6.07) is -1.16. The highest BCUT2D eigenvalue weighted by Gasteiger charge is 2.34. The fourth-order valence-electron chi connectivity index (χ4n) is 3.39. The predicted molar refractivity (Wildman–Crippen MR) is 87.3 cm³/mol. The monoisotopic (exact) mass is 310 g/mol. The normalized spacial score (nSPS) is 27.3. The quantitative estimate of drug-likeness (QED) is 0.656. The van der Waals surface area contributed by atoms with E-state index in [1.807, 2.05) is 13.0 Å². The Kier molecular flexibility index (Phi) is 6.60. The molecule has 1 saturated carbocycles. The molecule has 4 N–H and O–H groups in total. The number of rotatable bonds is 6. The second-order valence-electron chi connectivity index (χ2n) is 7.27. The molecular formula is C17H30N2O3. The summed E-state index contributed by atoms with van der Waals surface area (Å²) in [6.07, 6.45) is 7.58. The van der Waals surface area contributed by atoms with Crippen molar-refractivity contribution in [3.63, 3.8) is 0 Å². The van der Waals surface area contributed by atoms with Gasteiger partial charge in [-0.1, -0.05) is 45.8 Å². The third kappa shape index (κ3) is 5.44. The van der Waals surface area contributed by atoms with E-state index in [0.29, 0.717) is 11.8 Å². The fraction of sp³-hybridized carbons (Fsp3) is 0.765. The molecule has 0 aromatic heterocycles. The first-order valence-corrected chi connectivity index (χ1v) is 8.09. The van der Waals surface area contributed by atoms with Crippen LogP contribution in [0.1, 0.15) is 53.4 Å². The van der Waals surface area contributed by atoms with Crippen molar-refractivity contribution in [2.75, 3.05) is 0 Å². The Morgan fingerprint density at radius 1 is 1.45 bits per heavy atom. The summed E-state index contributed by atoms with van der Waals surface area (Å²) in [5, 5.41) is 11.4. The second-order valence-corrected chi connectivity index (χ2v) is 7.27. The van der Waals surface area contributed by atoms with Gasteiger partial charge in [0.1, 0.15) is 0 Å². The van der Waals surface area contributed by atoms with Gasteiger partial charge in [0.25, 0.3) is 0 Å². The number of carboxylic acid groups (broad SMARTS) is 1. The van der Waals surface area contributed by atoms with Gasteiger partial charge in [0.05, 0.1) is 12.5 Å². The number of nitrogens with two attached hydrogens (primary N) is 1. The molecule has 4 atom stereocenters. The minimum Gasteiger partial charge on any atom is -0.481 e. The van der Waals surface area contributed by atoms with Crippen LogP contribution in [0.4, 0.5) is 0 Å². The largest absolute Gasteiger partial charge is 0.481 e. The highest BCUT2D eigenvalue weighted by Crippen LogP contribution is 2.44. The van der Waals surface area contributed by atoms with Crippen LogP contribution in [0, 0.1) is 17.3 Å². The molecule has 0 aromatic rings. The number of hydrogen-bond acceptors (Lipinski definition) is 3. The molecule has 0 bridgehead atoms. The maximum absolute atomic E-state index is 11.8. The van der Waals surface area contributed by atoms with Crippen molar-refractivity contribution in [3.05, 3.63) is 12.2 Å². The first-order chi connectivity index (χ1) is 10.1. The molecule has 0 saturated heterocycles. The van der Waals surface area contributed by atoms with Gasteiger partial charge < -0.3 is 16.2 Å². The number of amides is 1. The lowest BCUT2D eigenvalue weighted by Gasteiger charge is -2.41. The van der Waals surface area contributed by atoms with Crippen molar-refractivity contribution in [1.82, 2.24) is 5.32 Å².